The Morgan fingerprint density at radius 3 is 2.38 bits per heavy atom. The zero-order valence-electron chi connectivity index (χ0n) is 13.0. The number of carbonyl (C=O) groups excluding carboxylic acids is 1. The molecule has 1 aromatic rings. The van der Waals surface area contributed by atoms with Crippen LogP contribution in [0.15, 0.2) is 12.1 Å². The van der Waals surface area contributed by atoms with Crippen molar-refractivity contribution in [2.75, 3.05) is 11.9 Å². The molecule has 0 saturated carbocycles. The number of hydrogen-bond acceptors (Lipinski definition) is 4. The Labute approximate surface area is 124 Å². The highest BCUT2D eigenvalue weighted by atomic mass is 16.6. The predicted molar refractivity (Wildman–Crippen MR) is 83.2 cm³/mol. The van der Waals surface area contributed by atoms with Crippen LogP contribution >= 0.6 is 0 Å². The highest BCUT2D eigenvalue weighted by Gasteiger charge is 2.22. The number of anilines is 1. The van der Waals surface area contributed by atoms with Gasteiger partial charge in [-0.05, 0) is 43.4 Å². The fraction of sp³-hybridized carbons (Fsp3) is 0.533. The fourth-order valence-electron chi connectivity index (χ4n) is 2.17. The highest BCUT2D eigenvalue weighted by Crippen LogP contribution is 2.28. The Morgan fingerprint density at radius 2 is 1.90 bits per heavy atom. The van der Waals surface area contributed by atoms with Crippen LogP contribution in [0.2, 0.25) is 0 Å². The van der Waals surface area contributed by atoms with Gasteiger partial charge in [0.2, 0.25) is 5.91 Å². The van der Waals surface area contributed by atoms with Crippen molar-refractivity contribution in [3.8, 4) is 0 Å². The van der Waals surface area contributed by atoms with Crippen molar-refractivity contribution in [2.45, 2.75) is 34.1 Å². The van der Waals surface area contributed by atoms with Gasteiger partial charge in [0.1, 0.15) is 5.69 Å². The predicted octanol–water partition coefficient (Wildman–Crippen LogP) is 2.77. The summed E-state index contributed by atoms with van der Waals surface area (Å²) in [6.45, 7) is 7.89. The third-order valence-electron chi connectivity index (χ3n) is 3.48. The smallest absolute Gasteiger partial charge is 0.293 e. The molecule has 1 aromatic carbocycles. The van der Waals surface area contributed by atoms with Gasteiger partial charge in [-0.3, -0.25) is 14.9 Å². The molecule has 0 radical (unpaired) electrons. The molecule has 0 aliphatic carbocycles. The number of carbonyl (C=O) groups is 1. The van der Waals surface area contributed by atoms with Gasteiger partial charge >= 0.3 is 0 Å². The number of nitro benzene ring substituents is 1. The van der Waals surface area contributed by atoms with Crippen LogP contribution < -0.4 is 11.1 Å². The Hall–Kier alpha value is -1.95. The average molecular weight is 293 g/mol. The normalized spacial score (nSPS) is 12.3. The molecule has 21 heavy (non-hydrogen) atoms. The van der Waals surface area contributed by atoms with Gasteiger partial charge in [0.25, 0.3) is 5.69 Å². The third-order valence-corrected chi connectivity index (χ3v) is 3.48. The molecular formula is C15H23N3O3. The maximum absolute atomic E-state index is 12.2. The van der Waals surface area contributed by atoms with Gasteiger partial charge in [-0.1, -0.05) is 13.8 Å². The van der Waals surface area contributed by atoms with E-state index in [0.717, 1.165) is 11.1 Å². The number of nitro groups is 1. The lowest BCUT2D eigenvalue weighted by Crippen LogP contribution is -2.30. The Bertz CT molecular complexity index is 541. The number of aryl methyl sites for hydroxylation is 2. The first kappa shape index (κ1) is 17.1. The number of rotatable bonds is 6. The van der Waals surface area contributed by atoms with Crippen molar-refractivity contribution in [2.24, 2.45) is 17.6 Å². The first-order valence-corrected chi connectivity index (χ1v) is 7.02. The van der Waals surface area contributed by atoms with E-state index in [0.29, 0.717) is 12.3 Å². The van der Waals surface area contributed by atoms with Crippen LogP contribution in [0, 0.1) is 35.8 Å². The summed E-state index contributed by atoms with van der Waals surface area (Å²) in [6.07, 6.45) is 0.654. The second kappa shape index (κ2) is 7.17. The van der Waals surface area contributed by atoms with E-state index in [2.05, 4.69) is 5.32 Å². The minimum Gasteiger partial charge on any atom is -0.330 e. The lowest BCUT2D eigenvalue weighted by Gasteiger charge is -2.17. The third kappa shape index (κ3) is 4.53. The van der Waals surface area contributed by atoms with E-state index in [1.807, 2.05) is 20.8 Å². The number of hydrogen-bond donors (Lipinski definition) is 2. The fourth-order valence-corrected chi connectivity index (χ4v) is 2.17. The summed E-state index contributed by atoms with van der Waals surface area (Å²) in [4.78, 5) is 22.9. The molecule has 116 valence electrons. The highest BCUT2D eigenvalue weighted by molar-refractivity contribution is 5.95. The molecule has 3 N–H and O–H groups in total. The molecule has 1 amide bonds. The van der Waals surface area contributed by atoms with Crippen molar-refractivity contribution in [1.29, 1.82) is 0 Å². The molecular weight excluding hydrogens is 270 g/mol. The Balaban J connectivity index is 3.03. The zero-order chi connectivity index (χ0) is 16.2. The van der Waals surface area contributed by atoms with Crippen LogP contribution in [-0.2, 0) is 4.79 Å². The molecule has 0 aromatic heterocycles. The molecule has 0 fully saturated rings. The van der Waals surface area contributed by atoms with Gasteiger partial charge in [-0.25, -0.2) is 0 Å². The summed E-state index contributed by atoms with van der Waals surface area (Å²) in [7, 11) is 0. The van der Waals surface area contributed by atoms with E-state index in [9.17, 15) is 14.9 Å². The lowest BCUT2D eigenvalue weighted by molar-refractivity contribution is -0.384. The minimum absolute atomic E-state index is 0.0910. The van der Waals surface area contributed by atoms with Gasteiger partial charge in [-0.15, -0.1) is 0 Å². The van der Waals surface area contributed by atoms with Crippen molar-refractivity contribution >= 4 is 17.3 Å². The van der Waals surface area contributed by atoms with Crippen molar-refractivity contribution in [1.82, 2.24) is 0 Å². The maximum atomic E-state index is 12.2. The summed E-state index contributed by atoms with van der Waals surface area (Å²) in [5, 5.41) is 13.8. The average Bonchev–Trinajstić information content (AvgIpc) is 2.39. The van der Waals surface area contributed by atoms with Gasteiger partial charge in [0, 0.05) is 12.6 Å². The largest absolute Gasteiger partial charge is 0.330 e. The molecule has 0 aliphatic heterocycles. The summed E-state index contributed by atoms with van der Waals surface area (Å²) < 4.78 is 0. The van der Waals surface area contributed by atoms with Gasteiger partial charge in [0.15, 0.2) is 0 Å². The number of nitrogens with two attached hydrogens (primary N) is 1. The number of nitrogens with one attached hydrogen (secondary N) is 1. The van der Waals surface area contributed by atoms with Crippen LogP contribution in [0.3, 0.4) is 0 Å². The molecule has 0 bridgehead atoms. The summed E-state index contributed by atoms with van der Waals surface area (Å²) >= 11 is 0. The van der Waals surface area contributed by atoms with Gasteiger partial charge in [-0.2, -0.15) is 0 Å². The monoisotopic (exact) mass is 293 g/mol. The summed E-state index contributed by atoms with van der Waals surface area (Å²) in [5.41, 5.74) is 7.48. The number of nitrogens with zero attached hydrogens (tertiary/aromatic N) is 1. The summed E-state index contributed by atoms with van der Waals surface area (Å²) in [6, 6.07) is 3.11. The molecule has 1 rings (SSSR count). The molecule has 0 spiro atoms. The van der Waals surface area contributed by atoms with Crippen LogP contribution in [0.4, 0.5) is 11.4 Å². The molecule has 0 heterocycles. The standard InChI is InChI=1S/C15H23N3O3/c1-9(2)5-12(8-16)15(19)17-13-6-10(3)11(4)7-14(13)18(20)21/h6-7,9,12H,5,8,16H2,1-4H3,(H,17,19). The first-order valence-electron chi connectivity index (χ1n) is 7.02. The Kier molecular flexibility index (Phi) is 5.84. The van der Waals surface area contributed by atoms with E-state index >= 15 is 0 Å². The summed E-state index contributed by atoms with van der Waals surface area (Å²) in [5.74, 6) is -0.275. The molecule has 1 atom stereocenters. The quantitative estimate of drug-likeness (QED) is 0.622. The molecule has 0 aliphatic rings. The van der Waals surface area contributed by atoms with Crippen LogP contribution in [0.5, 0.6) is 0 Å². The molecule has 6 heteroatoms. The Morgan fingerprint density at radius 1 is 1.33 bits per heavy atom. The van der Waals surface area contributed by atoms with Crippen molar-refractivity contribution in [3.63, 3.8) is 0 Å². The van der Waals surface area contributed by atoms with Crippen LogP contribution in [-0.4, -0.2) is 17.4 Å². The van der Waals surface area contributed by atoms with Crippen LogP contribution in [0.25, 0.3) is 0 Å². The second-order valence-electron chi connectivity index (χ2n) is 5.76. The SMILES string of the molecule is Cc1cc(NC(=O)C(CN)CC(C)C)c([N+](=O)[O-])cc1C. The first-order chi connectivity index (χ1) is 9.76. The van der Waals surface area contributed by atoms with Crippen LogP contribution in [0.1, 0.15) is 31.4 Å². The topological polar surface area (TPSA) is 98.3 Å². The van der Waals surface area contributed by atoms with E-state index < -0.39 is 4.92 Å². The lowest BCUT2D eigenvalue weighted by atomic mass is 9.96. The number of benzene rings is 1. The second-order valence-corrected chi connectivity index (χ2v) is 5.76. The molecule has 1 unspecified atom stereocenters. The minimum atomic E-state index is -0.484. The van der Waals surface area contributed by atoms with E-state index in [1.54, 1.807) is 13.0 Å². The van der Waals surface area contributed by atoms with E-state index in [4.69, 9.17) is 5.73 Å². The zero-order valence-corrected chi connectivity index (χ0v) is 13.0. The maximum Gasteiger partial charge on any atom is 0.293 e. The van der Waals surface area contributed by atoms with E-state index in [1.165, 1.54) is 6.07 Å². The van der Waals surface area contributed by atoms with E-state index in [-0.39, 0.29) is 29.7 Å². The van der Waals surface area contributed by atoms with Gasteiger partial charge < -0.3 is 11.1 Å². The number of amides is 1. The van der Waals surface area contributed by atoms with Gasteiger partial charge in [0.05, 0.1) is 10.8 Å². The van der Waals surface area contributed by atoms with Crippen molar-refractivity contribution in [3.05, 3.63) is 33.4 Å². The molecule has 0 saturated heterocycles. The molecule has 6 nitrogen and oxygen atoms in total. The van der Waals surface area contributed by atoms with Crippen molar-refractivity contribution < 1.29 is 9.72 Å².